The first-order valence-corrected chi connectivity index (χ1v) is 9.57. The summed E-state index contributed by atoms with van der Waals surface area (Å²) >= 11 is 0. The van der Waals surface area contributed by atoms with Crippen molar-refractivity contribution < 1.29 is 31.1 Å². The Balaban J connectivity index is 2.32. The molecular weight excluding hydrogens is 397 g/mol. The Morgan fingerprint density at radius 3 is 2.39 bits per heavy atom. The molecule has 1 unspecified atom stereocenters. The first-order chi connectivity index (χ1) is 12.9. The number of hydrogen-bond acceptors (Lipinski definition) is 4. The van der Waals surface area contributed by atoms with E-state index in [-0.39, 0.29) is 21.9 Å². The quantitative estimate of drug-likeness (QED) is 0.752. The molecular formula is C18H19F3N2O4S. The van der Waals surface area contributed by atoms with Crippen molar-refractivity contribution >= 4 is 21.6 Å². The third-order valence-electron chi connectivity index (χ3n) is 3.84. The van der Waals surface area contributed by atoms with Gasteiger partial charge in [-0.25, -0.2) is 13.1 Å². The molecule has 0 aliphatic carbocycles. The first kappa shape index (κ1) is 21.7. The summed E-state index contributed by atoms with van der Waals surface area (Å²) in [6.07, 6.45) is -4.53. The minimum Gasteiger partial charge on any atom is -0.495 e. The van der Waals surface area contributed by atoms with Crippen LogP contribution in [0.25, 0.3) is 0 Å². The Kier molecular flexibility index (Phi) is 6.35. The van der Waals surface area contributed by atoms with E-state index in [1.165, 1.54) is 51.3 Å². The Labute approximate surface area is 160 Å². The topological polar surface area (TPSA) is 84.5 Å². The van der Waals surface area contributed by atoms with Crippen LogP contribution >= 0.6 is 0 Å². The highest BCUT2D eigenvalue weighted by atomic mass is 32.2. The van der Waals surface area contributed by atoms with Crippen LogP contribution in [0.1, 0.15) is 31.0 Å². The van der Waals surface area contributed by atoms with Crippen molar-refractivity contribution in [3.8, 4) is 5.75 Å². The molecule has 28 heavy (non-hydrogen) atoms. The number of ether oxygens (including phenoxy) is 1. The molecule has 152 valence electrons. The number of benzene rings is 2. The van der Waals surface area contributed by atoms with Crippen molar-refractivity contribution in [2.24, 2.45) is 0 Å². The SMILES string of the molecule is COc1ccc(S(=O)(=O)NC(C)c2cccc(C(F)(F)F)c2)cc1NC(C)=O. The molecule has 2 aromatic rings. The molecule has 0 bridgehead atoms. The molecule has 0 spiro atoms. The summed E-state index contributed by atoms with van der Waals surface area (Å²) in [5.74, 6) is -0.154. The number of carbonyl (C=O) groups is 1. The van der Waals surface area contributed by atoms with Crippen LogP contribution in [0.2, 0.25) is 0 Å². The normalized spacial score (nSPS) is 13.1. The van der Waals surface area contributed by atoms with Gasteiger partial charge in [0.05, 0.1) is 23.3 Å². The zero-order valence-electron chi connectivity index (χ0n) is 15.3. The maximum atomic E-state index is 12.9. The van der Waals surface area contributed by atoms with Crippen molar-refractivity contribution in [2.45, 2.75) is 31.0 Å². The summed E-state index contributed by atoms with van der Waals surface area (Å²) in [6.45, 7) is 2.69. The fourth-order valence-corrected chi connectivity index (χ4v) is 3.75. The van der Waals surface area contributed by atoms with Crippen LogP contribution < -0.4 is 14.8 Å². The van der Waals surface area contributed by atoms with Gasteiger partial charge in [-0.1, -0.05) is 12.1 Å². The van der Waals surface area contributed by atoms with Gasteiger partial charge < -0.3 is 10.1 Å². The molecule has 0 fully saturated rings. The van der Waals surface area contributed by atoms with Crippen LogP contribution in [0.5, 0.6) is 5.75 Å². The van der Waals surface area contributed by atoms with Gasteiger partial charge in [-0.3, -0.25) is 4.79 Å². The summed E-state index contributed by atoms with van der Waals surface area (Å²) in [5, 5.41) is 2.46. The number of hydrogen-bond donors (Lipinski definition) is 2. The molecule has 0 aliphatic rings. The van der Waals surface area contributed by atoms with Crippen LogP contribution in [-0.4, -0.2) is 21.4 Å². The predicted molar refractivity (Wildman–Crippen MR) is 97.5 cm³/mol. The summed E-state index contributed by atoms with van der Waals surface area (Å²) in [4.78, 5) is 11.1. The highest BCUT2D eigenvalue weighted by Crippen LogP contribution is 2.31. The summed E-state index contributed by atoms with van der Waals surface area (Å²) in [5.41, 5.74) is -0.549. The third-order valence-corrected chi connectivity index (χ3v) is 5.38. The molecule has 2 rings (SSSR count). The van der Waals surface area contributed by atoms with Gasteiger partial charge >= 0.3 is 6.18 Å². The number of rotatable bonds is 6. The van der Waals surface area contributed by atoms with Gasteiger partial charge in [-0.05, 0) is 42.8 Å². The molecule has 0 aromatic heterocycles. The predicted octanol–water partition coefficient (Wildman–Crippen LogP) is 3.71. The number of carbonyl (C=O) groups excluding carboxylic acids is 1. The number of halogens is 3. The van der Waals surface area contributed by atoms with E-state index in [4.69, 9.17) is 4.74 Å². The van der Waals surface area contributed by atoms with E-state index in [0.29, 0.717) is 0 Å². The van der Waals surface area contributed by atoms with E-state index >= 15 is 0 Å². The van der Waals surface area contributed by atoms with Gasteiger partial charge in [0, 0.05) is 13.0 Å². The van der Waals surface area contributed by atoms with E-state index in [1.54, 1.807) is 0 Å². The van der Waals surface area contributed by atoms with Gasteiger partial charge in [0.2, 0.25) is 15.9 Å². The lowest BCUT2D eigenvalue weighted by atomic mass is 10.1. The van der Waals surface area contributed by atoms with Crippen molar-refractivity contribution in [3.63, 3.8) is 0 Å². The van der Waals surface area contributed by atoms with Crippen molar-refractivity contribution in [2.75, 3.05) is 12.4 Å². The largest absolute Gasteiger partial charge is 0.495 e. The number of sulfonamides is 1. The van der Waals surface area contributed by atoms with E-state index in [9.17, 15) is 26.4 Å². The Bertz CT molecular complexity index is 975. The van der Waals surface area contributed by atoms with Crippen LogP contribution in [-0.2, 0) is 21.0 Å². The van der Waals surface area contributed by atoms with E-state index in [0.717, 1.165) is 12.1 Å². The average molecular weight is 416 g/mol. The number of methoxy groups -OCH3 is 1. The molecule has 1 atom stereocenters. The van der Waals surface area contributed by atoms with Crippen LogP contribution in [0.15, 0.2) is 47.4 Å². The highest BCUT2D eigenvalue weighted by molar-refractivity contribution is 7.89. The monoisotopic (exact) mass is 416 g/mol. The van der Waals surface area contributed by atoms with Crippen molar-refractivity contribution in [3.05, 3.63) is 53.6 Å². The summed E-state index contributed by atoms with van der Waals surface area (Å²) in [7, 11) is -2.71. The first-order valence-electron chi connectivity index (χ1n) is 8.09. The van der Waals surface area contributed by atoms with Crippen LogP contribution in [0, 0.1) is 0 Å². The second-order valence-electron chi connectivity index (χ2n) is 6.01. The van der Waals surface area contributed by atoms with E-state index in [1.807, 2.05) is 0 Å². The van der Waals surface area contributed by atoms with E-state index in [2.05, 4.69) is 10.0 Å². The number of amides is 1. The maximum Gasteiger partial charge on any atom is 0.416 e. The zero-order valence-corrected chi connectivity index (χ0v) is 16.1. The molecule has 6 nitrogen and oxygen atoms in total. The Morgan fingerprint density at radius 2 is 1.82 bits per heavy atom. The van der Waals surface area contributed by atoms with E-state index < -0.39 is 33.7 Å². The molecule has 10 heteroatoms. The summed E-state index contributed by atoms with van der Waals surface area (Å²) in [6, 6.07) is 7.35. The molecule has 0 saturated carbocycles. The number of anilines is 1. The lowest BCUT2D eigenvalue weighted by molar-refractivity contribution is -0.137. The number of nitrogens with one attached hydrogen (secondary N) is 2. The highest BCUT2D eigenvalue weighted by Gasteiger charge is 2.31. The van der Waals surface area contributed by atoms with Crippen molar-refractivity contribution in [1.82, 2.24) is 4.72 Å². The second-order valence-corrected chi connectivity index (χ2v) is 7.72. The molecule has 0 radical (unpaired) electrons. The van der Waals surface area contributed by atoms with Gasteiger partial charge in [0.1, 0.15) is 5.75 Å². The molecule has 2 N–H and O–H groups in total. The molecule has 0 heterocycles. The fraction of sp³-hybridized carbons (Fsp3) is 0.278. The molecule has 2 aromatic carbocycles. The number of alkyl halides is 3. The van der Waals surface area contributed by atoms with Crippen molar-refractivity contribution in [1.29, 1.82) is 0 Å². The maximum absolute atomic E-state index is 12.9. The summed E-state index contributed by atoms with van der Waals surface area (Å²) < 4.78 is 71.3. The lowest BCUT2D eigenvalue weighted by Gasteiger charge is -2.17. The molecule has 0 aliphatic heterocycles. The third kappa shape index (κ3) is 5.23. The van der Waals surface area contributed by atoms with Crippen LogP contribution in [0.3, 0.4) is 0 Å². The molecule has 0 saturated heterocycles. The van der Waals surface area contributed by atoms with Crippen LogP contribution in [0.4, 0.5) is 18.9 Å². The standard InChI is InChI=1S/C18H19F3N2O4S/c1-11(13-5-4-6-14(9-13)18(19,20)21)23-28(25,26)15-7-8-17(27-3)16(10-15)22-12(2)24/h4-11,23H,1-3H3,(H,22,24). The van der Waals surface area contributed by atoms with Gasteiger partial charge in [-0.2, -0.15) is 13.2 Å². The molecule has 1 amide bonds. The fourth-order valence-electron chi connectivity index (χ4n) is 2.49. The second kappa shape index (κ2) is 8.19. The van der Waals surface area contributed by atoms with Gasteiger partial charge in [0.15, 0.2) is 0 Å². The minimum absolute atomic E-state index is 0.157. The van der Waals surface area contributed by atoms with Gasteiger partial charge in [0.25, 0.3) is 0 Å². The zero-order chi connectivity index (χ0) is 21.1. The Hall–Kier alpha value is -2.59. The minimum atomic E-state index is -4.53. The van der Waals surface area contributed by atoms with Gasteiger partial charge in [-0.15, -0.1) is 0 Å². The average Bonchev–Trinajstić information content (AvgIpc) is 2.60. The lowest BCUT2D eigenvalue weighted by Crippen LogP contribution is -2.27. The smallest absolute Gasteiger partial charge is 0.416 e. The Morgan fingerprint density at radius 1 is 1.14 bits per heavy atom.